The van der Waals surface area contributed by atoms with Crippen LogP contribution in [-0.4, -0.2) is 27.0 Å². The Labute approximate surface area is 119 Å². The van der Waals surface area contributed by atoms with E-state index in [4.69, 9.17) is 5.11 Å². The van der Waals surface area contributed by atoms with E-state index in [1.807, 2.05) is 37.3 Å². The number of benzene rings is 1. The number of hydrogen-bond donors (Lipinski definition) is 2. The Morgan fingerprint density at radius 3 is 2.84 bits per heavy atom. The molecule has 0 saturated carbocycles. The van der Waals surface area contributed by atoms with E-state index in [-0.39, 0.29) is 11.8 Å². The van der Waals surface area contributed by atoms with Gasteiger partial charge in [-0.05, 0) is 12.5 Å². The molecule has 1 aromatic carbocycles. The van der Waals surface area contributed by atoms with E-state index in [1.54, 1.807) is 0 Å². The van der Waals surface area contributed by atoms with Crippen molar-refractivity contribution in [3.8, 4) is 0 Å². The summed E-state index contributed by atoms with van der Waals surface area (Å²) < 4.78 is 0.658. The van der Waals surface area contributed by atoms with Crippen molar-refractivity contribution in [2.45, 2.75) is 17.3 Å². The lowest BCUT2D eigenvalue weighted by Gasteiger charge is -2.12. The van der Waals surface area contributed by atoms with Crippen LogP contribution in [-0.2, 0) is 4.79 Å². The lowest BCUT2D eigenvalue weighted by Crippen LogP contribution is -2.05. The minimum atomic E-state index is -0.854. The molecule has 0 aliphatic carbocycles. The van der Waals surface area contributed by atoms with E-state index in [0.717, 1.165) is 5.56 Å². The van der Waals surface area contributed by atoms with E-state index in [2.05, 4.69) is 15.5 Å². The number of nitrogens with zero attached hydrogens (tertiary/aromatic N) is 2. The highest BCUT2D eigenvalue weighted by molar-refractivity contribution is 8.01. The highest BCUT2D eigenvalue weighted by Crippen LogP contribution is 2.27. The first-order valence-corrected chi connectivity index (χ1v) is 7.45. The zero-order valence-electron chi connectivity index (χ0n) is 10.2. The molecule has 0 radical (unpaired) electrons. The fourth-order valence-electron chi connectivity index (χ4n) is 1.46. The first-order chi connectivity index (χ1) is 9.15. The largest absolute Gasteiger partial charge is 0.481 e. The van der Waals surface area contributed by atoms with Gasteiger partial charge in [0.15, 0.2) is 4.34 Å². The van der Waals surface area contributed by atoms with Gasteiger partial charge in [0.25, 0.3) is 0 Å². The molecule has 2 rings (SSSR count). The van der Waals surface area contributed by atoms with Crippen molar-refractivity contribution in [1.82, 2.24) is 10.2 Å². The van der Waals surface area contributed by atoms with Crippen LogP contribution in [0.15, 0.2) is 34.7 Å². The van der Waals surface area contributed by atoms with E-state index in [0.29, 0.717) is 9.47 Å². The summed E-state index contributed by atoms with van der Waals surface area (Å²) in [7, 11) is 0. The average Bonchev–Trinajstić information content (AvgIpc) is 2.85. The van der Waals surface area contributed by atoms with E-state index >= 15 is 0 Å². The van der Waals surface area contributed by atoms with E-state index < -0.39 is 5.97 Å². The smallest absolute Gasteiger partial charge is 0.313 e. The zero-order chi connectivity index (χ0) is 13.7. The van der Waals surface area contributed by atoms with Gasteiger partial charge in [-0.3, -0.25) is 4.79 Å². The highest BCUT2D eigenvalue weighted by Gasteiger charge is 2.10. The molecule has 100 valence electrons. The van der Waals surface area contributed by atoms with Crippen LogP contribution in [0.5, 0.6) is 0 Å². The van der Waals surface area contributed by atoms with Gasteiger partial charge in [0.05, 0.1) is 11.8 Å². The fraction of sp³-hybridized carbons (Fsp3) is 0.250. The Kier molecular flexibility index (Phi) is 4.75. The highest BCUT2D eigenvalue weighted by atomic mass is 32.2. The summed E-state index contributed by atoms with van der Waals surface area (Å²) in [4.78, 5) is 10.5. The molecular formula is C12H13N3O2S2. The molecule has 19 heavy (non-hydrogen) atoms. The molecule has 1 aromatic heterocycles. The molecule has 7 heteroatoms. The predicted molar refractivity (Wildman–Crippen MR) is 76.7 cm³/mol. The summed E-state index contributed by atoms with van der Waals surface area (Å²) in [5, 5.41) is 20.5. The molecule has 0 aliphatic rings. The van der Waals surface area contributed by atoms with Crippen molar-refractivity contribution < 1.29 is 9.90 Å². The van der Waals surface area contributed by atoms with Crippen molar-refractivity contribution in [2.24, 2.45) is 0 Å². The van der Waals surface area contributed by atoms with Crippen LogP contribution < -0.4 is 5.32 Å². The molecule has 0 fully saturated rings. The van der Waals surface area contributed by atoms with Gasteiger partial charge in [-0.2, -0.15) is 0 Å². The molecule has 0 amide bonds. The number of anilines is 1. The second-order valence-electron chi connectivity index (χ2n) is 3.83. The molecule has 1 unspecified atom stereocenters. The first kappa shape index (κ1) is 13.8. The lowest BCUT2D eigenvalue weighted by molar-refractivity contribution is -0.133. The van der Waals surface area contributed by atoms with Gasteiger partial charge in [0.1, 0.15) is 0 Å². The molecule has 0 saturated heterocycles. The minimum absolute atomic E-state index is 0.00285. The quantitative estimate of drug-likeness (QED) is 0.798. The van der Waals surface area contributed by atoms with Gasteiger partial charge >= 0.3 is 5.97 Å². The number of nitrogens with one attached hydrogen (secondary N) is 1. The fourth-order valence-corrected chi connectivity index (χ4v) is 3.02. The molecule has 2 aromatic rings. The number of thioether (sulfide) groups is 1. The Morgan fingerprint density at radius 1 is 1.42 bits per heavy atom. The number of carboxylic acids is 1. The second-order valence-corrected chi connectivity index (χ2v) is 6.03. The Bertz CT molecular complexity index is 545. The van der Waals surface area contributed by atoms with Gasteiger partial charge in [-0.1, -0.05) is 53.4 Å². The van der Waals surface area contributed by atoms with Crippen molar-refractivity contribution >= 4 is 34.2 Å². The number of rotatable bonds is 6. The van der Waals surface area contributed by atoms with Crippen molar-refractivity contribution in [3.05, 3.63) is 35.9 Å². The van der Waals surface area contributed by atoms with Crippen LogP contribution in [0.1, 0.15) is 18.5 Å². The third kappa shape index (κ3) is 4.22. The zero-order valence-corrected chi connectivity index (χ0v) is 11.9. The van der Waals surface area contributed by atoms with Crippen molar-refractivity contribution in [3.63, 3.8) is 0 Å². The monoisotopic (exact) mass is 295 g/mol. The number of carboxylic acid groups (broad SMARTS) is 1. The molecule has 0 aliphatic heterocycles. The molecule has 2 N–H and O–H groups in total. The molecule has 0 bridgehead atoms. The predicted octanol–water partition coefficient (Wildman–Crippen LogP) is 2.89. The number of carbonyl (C=O) groups is 1. The normalized spacial score (nSPS) is 12.1. The Morgan fingerprint density at radius 2 is 2.16 bits per heavy atom. The molecule has 1 atom stereocenters. The van der Waals surface area contributed by atoms with Crippen LogP contribution in [0.2, 0.25) is 0 Å². The van der Waals surface area contributed by atoms with E-state index in [9.17, 15) is 4.79 Å². The van der Waals surface area contributed by atoms with Gasteiger partial charge in [-0.25, -0.2) is 0 Å². The Balaban J connectivity index is 1.94. The van der Waals surface area contributed by atoms with Crippen LogP contribution >= 0.6 is 23.1 Å². The lowest BCUT2D eigenvalue weighted by atomic mass is 10.1. The van der Waals surface area contributed by atoms with Crippen LogP contribution in [0, 0.1) is 0 Å². The first-order valence-electron chi connectivity index (χ1n) is 5.64. The third-order valence-electron chi connectivity index (χ3n) is 2.37. The SMILES string of the molecule is CC(Nc1nnc(SCC(=O)O)s1)c1ccccc1. The van der Waals surface area contributed by atoms with E-state index in [1.165, 1.54) is 23.1 Å². The molecule has 5 nitrogen and oxygen atoms in total. The summed E-state index contributed by atoms with van der Waals surface area (Å²) in [5.74, 6) is -0.851. The maximum Gasteiger partial charge on any atom is 0.313 e. The van der Waals surface area contributed by atoms with Crippen molar-refractivity contribution in [1.29, 1.82) is 0 Å². The number of hydrogen-bond acceptors (Lipinski definition) is 6. The number of aromatic nitrogens is 2. The maximum absolute atomic E-state index is 10.5. The van der Waals surface area contributed by atoms with Crippen LogP contribution in [0.3, 0.4) is 0 Å². The van der Waals surface area contributed by atoms with Crippen LogP contribution in [0.25, 0.3) is 0 Å². The third-order valence-corrected chi connectivity index (χ3v) is 4.34. The average molecular weight is 295 g/mol. The standard InChI is InChI=1S/C12H13N3O2S2/c1-8(9-5-3-2-4-6-9)13-11-14-15-12(19-11)18-7-10(16)17/h2-6,8H,7H2,1H3,(H,13,14)(H,16,17). The van der Waals surface area contributed by atoms with Gasteiger partial charge in [0.2, 0.25) is 5.13 Å². The molecule has 1 heterocycles. The second kappa shape index (κ2) is 6.53. The van der Waals surface area contributed by atoms with Crippen molar-refractivity contribution in [2.75, 3.05) is 11.1 Å². The molecular weight excluding hydrogens is 282 g/mol. The minimum Gasteiger partial charge on any atom is -0.481 e. The summed E-state index contributed by atoms with van der Waals surface area (Å²) in [6.07, 6.45) is 0. The number of aliphatic carboxylic acids is 1. The maximum atomic E-state index is 10.5. The molecule has 0 spiro atoms. The van der Waals surface area contributed by atoms with Gasteiger partial charge in [0, 0.05) is 0 Å². The van der Waals surface area contributed by atoms with Gasteiger partial charge < -0.3 is 10.4 Å². The van der Waals surface area contributed by atoms with Gasteiger partial charge in [-0.15, -0.1) is 10.2 Å². The summed E-state index contributed by atoms with van der Waals surface area (Å²) in [6.45, 7) is 2.04. The Hall–Kier alpha value is -1.60. The van der Waals surface area contributed by atoms with Crippen LogP contribution in [0.4, 0.5) is 5.13 Å². The summed E-state index contributed by atoms with van der Waals surface area (Å²) in [6, 6.07) is 10.2. The summed E-state index contributed by atoms with van der Waals surface area (Å²) >= 11 is 2.54. The topological polar surface area (TPSA) is 75.1 Å². The summed E-state index contributed by atoms with van der Waals surface area (Å²) in [5.41, 5.74) is 1.16.